The van der Waals surface area contributed by atoms with Crippen LogP contribution in [0.25, 0.3) is 0 Å². The quantitative estimate of drug-likeness (QED) is 0.686. The third kappa shape index (κ3) is 6.20. The van der Waals surface area contributed by atoms with Crippen LogP contribution in [0.2, 0.25) is 5.02 Å². The van der Waals surface area contributed by atoms with Gasteiger partial charge in [0.25, 0.3) is 0 Å². The minimum atomic E-state index is -3.71. The molecule has 0 fully saturated rings. The Morgan fingerprint density at radius 2 is 1.66 bits per heavy atom. The molecule has 2 rings (SSSR count). The van der Waals surface area contributed by atoms with Gasteiger partial charge in [-0.3, -0.25) is 13.9 Å². The Hall–Kier alpha value is -2.58. The SMILES string of the molecule is CNC(=O)[C@H](C)N(Cc1ccc(Cl)cc1)C(=O)CN(c1ccccc1)S(C)(=O)=O. The van der Waals surface area contributed by atoms with E-state index in [0.717, 1.165) is 16.1 Å². The number of anilines is 1. The Balaban J connectivity index is 2.34. The van der Waals surface area contributed by atoms with Gasteiger partial charge in [0.15, 0.2) is 0 Å². The second-order valence-electron chi connectivity index (χ2n) is 6.54. The molecule has 9 heteroatoms. The molecule has 1 N–H and O–H groups in total. The molecule has 0 aromatic heterocycles. The Labute approximate surface area is 176 Å². The van der Waals surface area contributed by atoms with Crippen molar-refractivity contribution < 1.29 is 18.0 Å². The van der Waals surface area contributed by atoms with Gasteiger partial charge in [0.2, 0.25) is 21.8 Å². The molecule has 0 aliphatic rings. The molecule has 0 aliphatic heterocycles. The molecule has 0 spiro atoms. The van der Waals surface area contributed by atoms with Crippen molar-refractivity contribution in [3.63, 3.8) is 0 Å². The molecule has 1 atom stereocenters. The fourth-order valence-electron chi connectivity index (χ4n) is 2.79. The predicted octanol–water partition coefficient (Wildman–Crippen LogP) is 2.27. The molecule has 29 heavy (non-hydrogen) atoms. The van der Waals surface area contributed by atoms with Gasteiger partial charge in [0, 0.05) is 18.6 Å². The first-order valence-corrected chi connectivity index (χ1v) is 11.1. The predicted molar refractivity (Wildman–Crippen MR) is 114 cm³/mol. The van der Waals surface area contributed by atoms with Gasteiger partial charge in [0.1, 0.15) is 12.6 Å². The van der Waals surface area contributed by atoms with Crippen molar-refractivity contribution >= 4 is 39.1 Å². The van der Waals surface area contributed by atoms with E-state index in [4.69, 9.17) is 11.6 Å². The van der Waals surface area contributed by atoms with Gasteiger partial charge in [-0.2, -0.15) is 0 Å². The minimum Gasteiger partial charge on any atom is -0.357 e. The van der Waals surface area contributed by atoms with Crippen molar-refractivity contribution in [2.75, 3.05) is 24.2 Å². The number of likely N-dealkylation sites (N-methyl/N-ethyl adjacent to an activating group) is 1. The van der Waals surface area contributed by atoms with Crippen LogP contribution in [0.4, 0.5) is 5.69 Å². The molecular formula is C20H24ClN3O4S. The van der Waals surface area contributed by atoms with Crippen molar-refractivity contribution in [2.45, 2.75) is 19.5 Å². The highest BCUT2D eigenvalue weighted by Crippen LogP contribution is 2.19. The molecule has 0 heterocycles. The zero-order chi connectivity index (χ0) is 21.6. The van der Waals surface area contributed by atoms with E-state index in [1.807, 2.05) is 0 Å². The van der Waals surface area contributed by atoms with E-state index < -0.39 is 28.5 Å². The number of sulfonamides is 1. The Morgan fingerprint density at radius 1 is 1.07 bits per heavy atom. The number of halogens is 1. The van der Waals surface area contributed by atoms with Crippen molar-refractivity contribution in [1.29, 1.82) is 0 Å². The molecule has 2 aromatic carbocycles. The summed E-state index contributed by atoms with van der Waals surface area (Å²) in [5.74, 6) is -0.844. The summed E-state index contributed by atoms with van der Waals surface area (Å²) in [6.07, 6.45) is 1.04. The van der Waals surface area contributed by atoms with Crippen LogP contribution in [0, 0.1) is 0 Å². The fraction of sp³-hybridized carbons (Fsp3) is 0.300. The molecule has 0 radical (unpaired) electrons. The largest absolute Gasteiger partial charge is 0.357 e. The van der Waals surface area contributed by atoms with E-state index in [0.29, 0.717) is 10.7 Å². The summed E-state index contributed by atoms with van der Waals surface area (Å²) >= 11 is 5.92. The van der Waals surface area contributed by atoms with Crippen LogP contribution in [-0.2, 0) is 26.2 Å². The number of amides is 2. The highest BCUT2D eigenvalue weighted by Gasteiger charge is 2.29. The fourth-order valence-corrected chi connectivity index (χ4v) is 3.76. The van der Waals surface area contributed by atoms with E-state index >= 15 is 0 Å². The van der Waals surface area contributed by atoms with E-state index in [1.165, 1.54) is 11.9 Å². The van der Waals surface area contributed by atoms with Gasteiger partial charge in [-0.1, -0.05) is 41.9 Å². The van der Waals surface area contributed by atoms with Crippen LogP contribution in [0.3, 0.4) is 0 Å². The normalized spacial score (nSPS) is 12.1. The van der Waals surface area contributed by atoms with Gasteiger partial charge in [0.05, 0.1) is 11.9 Å². The number of hydrogen-bond donors (Lipinski definition) is 1. The Kier molecular flexibility index (Phi) is 7.64. The average Bonchev–Trinajstić information content (AvgIpc) is 2.70. The maximum Gasteiger partial charge on any atom is 0.244 e. The maximum absolute atomic E-state index is 13.1. The zero-order valence-corrected chi connectivity index (χ0v) is 18.1. The second-order valence-corrected chi connectivity index (χ2v) is 8.89. The zero-order valence-electron chi connectivity index (χ0n) is 16.5. The monoisotopic (exact) mass is 437 g/mol. The van der Waals surface area contributed by atoms with Crippen LogP contribution >= 0.6 is 11.6 Å². The molecule has 0 saturated carbocycles. The van der Waals surface area contributed by atoms with E-state index in [1.54, 1.807) is 61.5 Å². The lowest BCUT2D eigenvalue weighted by Gasteiger charge is -2.31. The molecule has 7 nitrogen and oxygen atoms in total. The molecule has 2 aromatic rings. The van der Waals surface area contributed by atoms with Gasteiger partial charge >= 0.3 is 0 Å². The van der Waals surface area contributed by atoms with Gasteiger partial charge in [-0.15, -0.1) is 0 Å². The van der Waals surface area contributed by atoms with Crippen molar-refractivity contribution in [1.82, 2.24) is 10.2 Å². The van der Waals surface area contributed by atoms with Crippen molar-refractivity contribution in [3.8, 4) is 0 Å². The Morgan fingerprint density at radius 3 is 2.17 bits per heavy atom. The number of nitrogens with one attached hydrogen (secondary N) is 1. The topological polar surface area (TPSA) is 86.8 Å². The lowest BCUT2D eigenvalue weighted by molar-refractivity contribution is -0.139. The second kappa shape index (κ2) is 9.76. The number of nitrogens with zero attached hydrogens (tertiary/aromatic N) is 2. The maximum atomic E-state index is 13.1. The molecule has 2 amide bonds. The number of hydrogen-bond acceptors (Lipinski definition) is 4. The van der Waals surface area contributed by atoms with E-state index in [-0.39, 0.29) is 12.5 Å². The number of carbonyl (C=O) groups is 2. The van der Waals surface area contributed by atoms with Crippen LogP contribution in [0.5, 0.6) is 0 Å². The third-order valence-electron chi connectivity index (χ3n) is 4.40. The molecular weight excluding hydrogens is 414 g/mol. The summed E-state index contributed by atoms with van der Waals surface area (Å²) in [6.45, 7) is 1.31. The molecule has 0 bridgehead atoms. The number of benzene rings is 2. The average molecular weight is 438 g/mol. The first kappa shape index (κ1) is 22.7. The number of carbonyl (C=O) groups excluding carboxylic acids is 2. The molecule has 0 aliphatic carbocycles. The summed E-state index contributed by atoms with van der Waals surface area (Å²) < 4.78 is 25.6. The number of rotatable bonds is 8. The summed E-state index contributed by atoms with van der Waals surface area (Å²) in [5.41, 5.74) is 1.14. The van der Waals surface area contributed by atoms with Gasteiger partial charge in [-0.05, 0) is 36.8 Å². The summed E-state index contributed by atoms with van der Waals surface area (Å²) in [5, 5.41) is 3.08. The number of para-hydroxylation sites is 1. The first-order chi connectivity index (χ1) is 13.6. The molecule has 156 valence electrons. The summed E-state index contributed by atoms with van der Waals surface area (Å²) in [6, 6.07) is 14.5. The van der Waals surface area contributed by atoms with Crippen LogP contribution in [0.1, 0.15) is 12.5 Å². The van der Waals surface area contributed by atoms with Crippen molar-refractivity contribution in [3.05, 3.63) is 65.2 Å². The van der Waals surface area contributed by atoms with E-state index in [9.17, 15) is 18.0 Å². The van der Waals surface area contributed by atoms with Gasteiger partial charge in [-0.25, -0.2) is 8.42 Å². The molecule has 0 unspecified atom stereocenters. The van der Waals surface area contributed by atoms with Crippen LogP contribution in [0.15, 0.2) is 54.6 Å². The van der Waals surface area contributed by atoms with Crippen LogP contribution in [-0.4, -0.2) is 51.0 Å². The Bertz CT molecular complexity index is 949. The smallest absolute Gasteiger partial charge is 0.244 e. The molecule has 0 saturated heterocycles. The highest BCUT2D eigenvalue weighted by molar-refractivity contribution is 7.92. The van der Waals surface area contributed by atoms with Crippen LogP contribution < -0.4 is 9.62 Å². The minimum absolute atomic E-state index is 0.136. The van der Waals surface area contributed by atoms with Gasteiger partial charge < -0.3 is 10.2 Å². The highest BCUT2D eigenvalue weighted by atomic mass is 35.5. The van der Waals surface area contributed by atoms with Crippen molar-refractivity contribution in [2.24, 2.45) is 0 Å². The lowest BCUT2D eigenvalue weighted by Crippen LogP contribution is -2.50. The standard InChI is InChI=1S/C20H24ClN3O4S/c1-15(20(26)22-2)23(13-16-9-11-17(21)12-10-16)19(25)14-24(29(3,27)28)18-7-5-4-6-8-18/h4-12,15H,13-14H2,1-3H3,(H,22,26)/t15-/m0/s1. The first-order valence-electron chi connectivity index (χ1n) is 8.91. The summed E-state index contributed by atoms with van der Waals surface area (Å²) in [7, 11) is -2.23. The third-order valence-corrected chi connectivity index (χ3v) is 5.80. The summed E-state index contributed by atoms with van der Waals surface area (Å²) in [4.78, 5) is 26.7. The van der Waals surface area contributed by atoms with E-state index in [2.05, 4.69) is 5.32 Å². The lowest BCUT2D eigenvalue weighted by atomic mass is 10.1.